The fraction of sp³-hybridized carbons (Fsp3) is 0.0714. The molecule has 1 aromatic heterocycles. The molecule has 0 amide bonds. The Morgan fingerprint density at radius 1 is 1.17 bits per heavy atom. The third-order valence-electron chi connectivity index (χ3n) is 2.83. The molecule has 4 heteroatoms. The summed E-state index contributed by atoms with van der Waals surface area (Å²) in [6, 6.07) is 11.0. The molecular formula is C14H10BrFN2. The van der Waals surface area contributed by atoms with Crippen molar-refractivity contribution in [3.05, 3.63) is 52.3 Å². The van der Waals surface area contributed by atoms with Crippen LogP contribution >= 0.6 is 15.9 Å². The van der Waals surface area contributed by atoms with Crippen LogP contribution in [0.25, 0.3) is 22.4 Å². The van der Waals surface area contributed by atoms with Gasteiger partial charge in [0.25, 0.3) is 0 Å². The molecular weight excluding hydrogens is 295 g/mol. The van der Waals surface area contributed by atoms with Gasteiger partial charge in [0.1, 0.15) is 11.6 Å². The molecule has 0 fully saturated rings. The molecule has 3 rings (SSSR count). The molecule has 0 aliphatic rings. The third kappa shape index (κ3) is 1.93. The van der Waals surface area contributed by atoms with Crippen molar-refractivity contribution in [2.45, 2.75) is 6.92 Å². The second kappa shape index (κ2) is 4.21. The number of imidazole rings is 1. The van der Waals surface area contributed by atoms with Gasteiger partial charge in [-0.3, -0.25) is 0 Å². The summed E-state index contributed by atoms with van der Waals surface area (Å²) in [5.74, 6) is 0.395. The number of fused-ring (bicyclic) bond motifs is 1. The second-order valence-corrected chi connectivity index (χ2v) is 5.09. The molecule has 1 N–H and O–H groups in total. The molecule has 0 saturated carbocycles. The highest BCUT2D eigenvalue weighted by Crippen LogP contribution is 2.24. The molecule has 1 heterocycles. The number of nitrogens with one attached hydrogen (secondary N) is 1. The van der Waals surface area contributed by atoms with Crippen molar-refractivity contribution < 1.29 is 4.39 Å². The van der Waals surface area contributed by atoms with E-state index in [0.29, 0.717) is 10.3 Å². The average molecular weight is 305 g/mol. The molecule has 2 aromatic carbocycles. The number of hydrogen-bond donors (Lipinski definition) is 1. The van der Waals surface area contributed by atoms with Crippen molar-refractivity contribution in [2.24, 2.45) is 0 Å². The summed E-state index contributed by atoms with van der Waals surface area (Å²) in [6.45, 7) is 2.03. The number of H-pyrrole nitrogens is 1. The molecule has 2 nitrogen and oxygen atoms in total. The van der Waals surface area contributed by atoms with Crippen molar-refractivity contribution >= 4 is 27.0 Å². The SMILES string of the molecule is Cc1ccc2nc(-c3ccc(Br)c(F)c3)[nH]c2c1. The fourth-order valence-electron chi connectivity index (χ4n) is 1.90. The number of hydrogen-bond acceptors (Lipinski definition) is 1. The maximum absolute atomic E-state index is 13.5. The molecule has 90 valence electrons. The van der Waals surface area contributed by atoms with Crippen molar-refractivity contribution in [2.75, 3.05) is 0 Å². The van der Waals surface area contributed by atoms with Gasteiger partial charge in [0, 0.05) is 5.56 Å². The Kier molecular flexibility index (Phi) is 2.67. The number of aryl methyl sites for hydroxylation is 1. The van der Waals surface area contributed by atoms with Crippen LogP contribution in [-0.4, -0.2) is 9.97 Å². The molecule has 0 saturated heterocycles. The minimum absolute atomic E-state index is 0.288. The van der Waals surface area contributed by atoms with Gasteiger partial charge in [-0.05, 0) is 58.7 Å². The molecule has 0 radical (unpaired) electrons. The maximum Gasteiger partial charge on any atom is 0.138 e. The van der Waals surface area contributed by atoms with Gasteiger partial charge in [0.2, 0.25) is 0 Å². The quantitative estimate of drug-likeness (QED) is 0.707. The number of aromatic nitrogens is 2. The van der Waals surface area contributed by atoms with E-state index in [1.807, 2.05) is 31.2 Å². The predicted molar refractivity (Wildman–Crippen MR) is 73.9 cm³/mol. The first-order valence-corrected chi connectivity index (χ1v) is 6.34. The van der Waals surface area contributed by atoms with E-state index in [2.05, 4.69) is 25.9 Å². The standard InChI is InChI=1S/C14H10BrFN2/c1-8-2-5-12-13(6-8)18-14(17-12)9-3-4-10(15)11(16)7-9/h2-7H,1H3,(H,17,18). The summed E-state index contributed by atoms with van der Waals surface area (Å²) in [6.07, 6.45) is 0. The maximum atomic E-state index is 13.5. The topological polar surface area (TPSA) is 28.7 Å². The van der Waals surface area contributed by atoms with Crippen molar-refractivity contribution in [1.29, 1.82) is 0 Å². The number of benzene rings is 2. The Morgan fingerprint density at radius 2 is 2.00 bits per heavy atom. The van der Waals surface area contributed by atoms with E-state index in [9.17, 15) is 4.39 Å². The summed E-state index contributed by atoms with van der Waals surface area (Å²) in [5, 5.41) is 0. The molecule has 0 aliphatic carbocycles. The van der Waals surface area contributed by atoms with Crippen LogP contribution in [0.3, 0.4) is 0 Å². The Labute approximate surface area is 112 Å². The molecule has 3 aromatic rings. The van der Waals surface area contributed by atoms with E-state index < -0.39 is 0 Å². The van der Waals surface area contributed by atoms with Crippen LogP contribution in [0.15, 0.2) is 40.9 Å². The van der Waals surface area contributed by atoms with Crippen LogP contribution in [0.1, 0.15) is 5.56 Å². The molecule has 0 atom stereocenters. The van der Waals surface area contributed by atoms with Crippen LogP contribution in [-0.2, 0) is 0 Å². The Hall–Kier alpha value is -1.68. The zero-order valence-corrected chi connectivity index (χ0v) is 11.3. The summed E-state index contributed by atoms with van der Waals surface area (Å²) in [5.41, 5.74) is 3.76. The number of nitrogens with zero attached hydrogens (tertiary/aromatic N) is 1. The highest BCUT2D eigenvalue weighted by atomic mass is 79.9. The summed E-state index contributed by atoms with van der Waals surface area (Å²) in [7, 11) is 0. The van der Waals surface area contributed by atoms with Crippen LogP contribution in [0.4, 0.5) is 4.39 Å². The smallest absolute Gasteiger partial charge is 0.138 e. The monoisotopic (exact) mass is 304 g/mol. The largest absolute Gasteiger partial charge is 0.338 e. The van der Waals surface area contributed by atoms with Crippen LogP contribution in [0, 0.1) is 12.7 Å². The van der Waals surface area contributed by atoms with Gasteiger partial charge in [0.05, 0.1) is 15.5 Å². The van der Waals surface area contributed by atoms with Crippen molar-refractivity contribution in [1.82, 2.24) is 9.97 Å². The molecule has 0 unspecified atom stereocenters. The number of halogens is 2. The highest BCUT2D eigenvalue weighted by molar-refractivity contribution is 9.10. The lowest BCUT2D eigenvalue weighted by Gasteiger charge is -1.98. The zero-order chi connectivity index (χ0) is 12.7. The lowest BCUT2D eigenvalue weighted by molar-refractivity contribution is 0.621. The van der Waals surface area contributed by atoms with Gasteiger partial charge in [-0.25, -0.2) is 9.37 Å². The van der Waals surface area contributed by atoms with Crippen LogP contribution < -0.4 is 0 Å². The van der Waals surface area contributed by atoms with Crippen LogP contribution in [0.5, 0.6) is 0 Å². The van der Waals surface area contributed by atoms with E-state index in [4.69, 9.17) is 0 Å². The van der Waals surface area contributed by atoms with E-state index in [-0.39, 0.29) is 5.82 Å². The first-order chi connectivity index (χ1) is 8.63. The Bertz CT molecular complexity index is 734. The first-order valence-electron chi connectivity index (χ1n) is 5.55. The zero-order valence-electron chi connectivity index (χ0n) is 9.67. The van der Waals surface area contributed by atoms with Gasteiger partial charge >= 0.3 is 0 Å². The highest BCUT2D eigenvalue weighted by Gasteiger charge is 2.07. The molecule has 0 spiro atoms. The van der Waals surface area contributed by atoms with Gasteiger partial charge in [0.15, 0.2) is 0 Å². The van der Waals surface area contributed by atoms with Gasteiger partial charge in [-0.2, -0.15) is 0 Å². The van der Waals surface area contributed by atoms with Gasteiger partial charge in [-0.15, -0.1) is 0 Å². The predicted octanol–water partition coefficient (Wildman–Crippen LogP) is 4.44. The molecule has 18 heavy (non-hydrogen) atoms. The van der Waals surface area contributed by atoms with E-state index in [0.717, 1.165) is 16.6 Å². The van der Waals surface area contributed by atoms with Crippen molar-refractivity contribution in [3.8, 4) is 11.4 Å². The Balaban J connectivity index is 2.16. The van der Waals surface area contributed by atoms with Crippen molar-refractivity contribution in [3.63, 3.8) is 0 Å². The summed E-state index contributed by atoms with van der Waals surface area (Å²) < 4.78 is 14.0. The molecule has 0 aliphatic heterocycles. The fourth-order valence-corrected chi connectivity index (χ4v) is 2.15. The van der Waals surface area contributed by atoms with Crippen LogP contribution in [0.2, 0.25) is 0 Å². The lowest BCUT2D eigenvalue weighted by Crippen LogP contribution is -1.83. The number of rotatable bonds is 1. The minimum atomic E-state index is -0.288. The van der Waals surface area contributed by atoms with E-state index in [1.54, 1.807) is 6.07 Å². The summed E-state index contributed by atoms with van der Waals surface area (Å²) in [4.78, 5) is 7.66. The number of aromatic amines is 1. The average Bonchev–Trinajstić information content (AvgIpc) is 2.75. The van der Waals surface area contributed by atoms with E-state index in [1.165, 1.54) is 11.6 Å². The van der Waals surface area contributed by atoms with Gasteiger partial charge in [-0.1, -0.05) is 6.07 Å². The molecule has 0 bridgehead atoms. The first kappa shape index (κ1) is 11.4. The third-order valence-corrected chi connectivity index (χ3v) is 3.47. The normalized spacial score (nSPS) is 11.1. The van der Waals surface area contributed by atoms with E-state index >= 15 is 0 Å². The lowest BCUT2D eigenvalue weighted by atomic mass is 10.2. The summed E-state index contributed by atoms with van der Waals surface area (Å²) >= 11 is 3.14. The Morgan fingerprint density at radius 3 is 2.78 bits per heavy atom. The van der Waals surface area contributed by atoms with Gasteiger partial charge < -0.3 is 4.98 Å². The minimum Gasteiger partial charge on any atom is -0.338 e. The second-order valence-electron chi connectivity index (χ2n) is 4.23.